The molecule has 14 heavy (non-hydrogen) atoms. The van der Waals surface area contributed by atoms with Crippen LogP contribution in [0.5, 0.6) is 11.5 Å². The Morgan fingerprint density at radius 2 is 1.07 bits per heavy atom. The van der Waals surface area contributed by atoms with Gasteiger partial charge in [0.15, 0.2) is 0 Å². The summed E-state index contributed by atoms with van der Waals surface area (Å²) < 4.78 is 0. The third kappa shape index (κ3) is 14.8. The predicted molar refractivity (Wildman–Crippen MR) is 48.7 cm³/mol. The number of hydrogen-bond donors (Lipinski definition) is 0. The molecule has 1 aromatic carbocycles. The van der Waals surface area contributed by atoms with Gasteiger partial charge in [-0.25, -0.2) is 0 Å². The summed E-state index contributed by atoms with van der Waals surface area (Å²) in [5, 5.41) is 37.1. The van der Waals surface area contributed by atoms with Gasteiger partial charge in [0.25, 0.3) is 0 Å². The van der Waals surface area contributed by atoms with Crippen molar-refractivity contribution >= 4 is 46.1 Å². The smallest absolute Gasteiger partial charge is 0.872 e. The Bertz CT molecular complexity index is 179. The fourth-order valence-corrected chi connectivity index (χ4v) is 0.474. The van der Waals surface area contributed by atoms with Crippen LogP contribution in [0.1, 0.15) is 0 Å². The average Bonchev–Trinajstić information content (AvgIpc) is 2.11. The van der Waals surface area contributed by atoms with Gasteiger partial charge < -0.3 is 20.4 Å². The fourth-order valence-electron chi connectivity index (χ4n) is 0.474. The Morgan fingerprint density at radius 3 is 1.21 bits per heavy atom. The summed E-state index contributed by atoms with van der Waals surface area (Å²) in [5.74, 6) is -0.449. The van der Waals surface area contributed by atoms with Gasteiger partial charge in [-0.3, -0.25) is 0 Å². The summed E-state index contributed by atoms with van der Waals surface area (Å²) in [7, 11) is 1.50. The molecule has 0 aliphatic carbocycles. The van der Waals surface area contributed by atoms with E-state index in [1.165, 1.54) is 18.2 Å². The fraction of sp³-hybridized carbons (Fsp3) is 0.250. The first-order valence-corrected chi connectivity index (χ1v) is 3.05. The monoisotopic (exact) mass is 218 g/mol. The van der Waals surface area contributed by atoms with Crippen molar-refractivity contribution in [3.63, 3.8) is 0 Å². The molecular formula is C8H10Mg2O4. The van der Waals surface area contributed by atoms with Crippen molar-refractivity contribution in [1.82, 2.24) is 0 Å². The van der Waals surface area contributed by atoms with Crippen molar-refractivity contribution in [2.75, 3.05) is 14.2 Å². The molecule has 0 bridgehead atoms. The molecule has 0 fully saturated rings. The maximum absolute atomic E-state index is 10.3. The summed E-state index contributed by atoms with van der Waals surface area (Å²) in [4.78, 5) is 0. The van der Waals surface area contributed by atoms with E-state index in [9.17, 15) is 10.2 Å². The molecule has 0 amide bonds. The normalized spacial score (nSPS) is 6.00. The van der Waals surface area contributed by atoms with Gasteiger partial charge in [0.05, 0.1) is 0 Å². The summed E-state index contributed by atoms with van der Waals surface area (Å²) >= 11 is 0. The topological polar surface area (TPSA) is 92.2 Å². The third-order valence-corrected chi connectivity index (χ3v) is 0.806. The van der Waals surface area contributed by atoms with Crippen LogP contribution in [-0.2, 0) is 0 Å². The maximum Gasteiger partial charge on any atom is 2.00 e. The van der Waals surface area contributed by atoms with E-state index in [4.69, 9.17) is 10.2 Å². The molecule has 0 saturated carbocycles. The van der Waals surface area contributed by atoms with Crippen molar-refractivity contribution in [3.8, 4) is 11.5 Å². The second-order valence-corrected chi connectivity index (χ2v) is 1.47. The standard InChI is InChI=1S/C6H6O2.2CH3O.2Mg/c7-5-2-1-3-6(8)4-5;2*1-2;;/h1-4,7-8H;2*1H3;;/q;2*-1;2*+2/p-2. The van der Waals surface area contributed by atoms with E-state index < -0.39 is 0 Å². The van der Waals surface area contributed by atoms with Crippen LogP contribution in [0.15, 0.2) is 24.3 Å². The van der Waals surface area contributed by atoms with Crippen molar-refractivity contribution in [2.24, 2.45) is 0 Å². The van der Waals surface area contributed by atoms with E-state index in [1.54, 1.807) is 0 Å². The summed E-state index contributed by atoms with van der Waals surface area (Å²) in [6, 6.07) is 5.20. The van der Waals surface area contributed by atoms with Crippen molar-refractivity contribution in [1.29, 1.82) is 0 Å². The molecule has 0 aliphatic heterocycles. The van der Waals surface area contributed by atoms with Gasteiger partial charge in [-0.2, -0.15) is 14.2 Å². The van der Waals surface area contributed by atoms with Crippen LogP contribution in [-0.4, -0.2) is 60.3 Å². The van der Waals surface area contributed by atoms with Crippen LogP contribution in [0, 0.1) is 0 Å². The van der Waals surface area contributed by atoms with Gasteiger partial charge in [-0.05, 0) is 0 Å². The zero-order valence-electron chi connectivity index (χ0n) is 8.36. The molecule has 1 aromatic rings. The van der Waals surface area contributed by atoms with Crippen molar-refractivity contribution < 1.29 is 20.4 Å². The van der Waals surface area contributed by atoms with Crippen LogP contribution >= 0.6 is 0 Å². The molecule has 0 aliphatic rings. The molecule has 0 aromatic heterocycles. The van der Waals surface area contributed by atoms with E-state index in [2.05, 4.69) is 0 Å². The Morgan fingerprint density at radius 1 is 0.786 bits per heavy atom. The van der Waals surface area contributed by atoms with Crippen LogP contribution in [0.25, 0.3) is 0 Å². The molecule has 0 unspecified atom stereocenters. The van der Waals surface area contributed by atoms with Gasteiger partial charge in [0, 0.05) is 0 Å². The zero-order valence-corrected chi connectivity index (χ0v) is 11.2. The largest absolute Gasteiger partial charge is 2.00 e. The maximum atomic E-state index is 10.3. The van der Waals surface area contributed by atoms with Gasteiger partial charge in [-0.15, -0.1) is 11.5 Å². The van der Waals surface area contributed by atoms with E-state index in [1.807, 2.05) is 0 Å². The van der Waals surface area contributed by atoms with Crippen molar-refractivity contribution in [2.45, 2.75) is 0 Å². The average molecular weight is 219 g/mol. The van der Waals surface area contributed by atoms with Gasteiger partial charge >= 0.3 is 46.1 Å². The molecule has 0 spiro atoms. The first kappa shape index (κ1) is 23.8. The summed E-state index contributed by atoms with van der Waals surface area (Å²) in [6.07, 6.45) is 0. The third-order valence-electron chi connectivity index (χ3n) is 0.806. The minimum absolute atomic E-state index is 0. The first-order valence-electron chi connectivity index (χ1n) is 3.05. The van der Waals surface area contributed by atoms with E-state index in [-0.39, 0.29) is 57.6 Å². The number of rotatable bonds is 0. The van der Waals surface area contributed by atoms with E-state index in [0.29, 0.717) is 0 Å². The quantitative estimate of drug-likeness (QED) is 0.435. The molecule has 6 heteroatoms. The minimum Gasteiger partial charge on any atom is -0.872 e. The molecule has 0 radical (unpaired) electrons. The molecule has 0 atom stereocenters. The molecular weight excluding hydrogens is 209 g/mol. The number of hydrogen-bond acceptors (Lipinski definition) is 4. The zero-order chi connectivity index (χ0) is 9.98. The predicted octanol–water partition coefficient (Wildman–Crippen LogP) is -2.97. The Kier molecular flexibility index (Phi) is 32.2. The van der Waals surface area contributed by atoms with Crippen LogP contribution in [0.2, 0.25) is 0 Å². The number of benzene rings is 1. The minimum atomic E-state index is -0.225. The van der Waals surface area contributed by atoms with E-state index >= 15 is 0 Å². The molecule has 0 saturated heterocycles. The molecule has 4 nitrogen and oxygen atoms in total. The summed E-state index contributed by atoms with van der Waals surface area (Å²) in [6.45, 7) is 0. The van der Waals surface area contributed by atoms with E-state index in [0.717, 1.165) is 20.3 Å². The second-order valence-electron chi connectivity index (χ2n) is 1.47. The molecule has 0 heterocycles. The molecule has 0 N–H and O–H groups in total. The second kappa shape index (κ2) is 18.9. The Labute approximate surface area is 116 Å². The first-order chi connectivity index (χ1) is 5.79. The SMILES string of the molecule is C[O-].C[O-].[Mg+2].[Mg+2].[O-]c1cccc([O-])c1. The molecule has 1 rings (SSSR count). The van der Waals surface area contributed by atoms with Crippen molar-refractivity contribution in [3.05, 3.63) is 24.3 Å². The van der Waals surface area contributed by atoms with Crippen LogP contribution in [0.3, 0.4) is 0 Å². The molecule has 70 valence electrons. The van der Waals surface area contributed by atoms with Gasteiger partial charge in [0.1, 0.15) is 0 Å². The van der Waals surface area contributed by atoms with Gasteiger partial charge in [0.2, 0.25) is 0 Å². The Hall–Kier alpha value is 0.272. The summed E-state index contributed by atoms with van der Waals surface area (Å²) in [5.41, 5.74) is 0. The van der Waals surface area contributed by atoms with Gasteiger partial charge in [-0.1, -0.05) is 24.3 Å². The van der Waals surface area contributed by atoms with Crippen LogP contribution in [0.4, 0.5) is 0 Å². The Balaban J connectivity index is -0.0000000750. The van der Waals surface area contributed by atoms with Crippen LogP contribution < -0.4 is 20.4 Å².